The molecular weight excluding hydrogens is 224 g/mol. The zero-order valence-corrected chi connectivity index (χ0v) is 9.60. The minimum Gasteiger partial charge on any atom is -0.0839 e. The third kappa shape index (κ3) is 1.80. The van der Waals surface area contributed by atoms with Gasteiger partial charge in [-0.1, -0.05) is 41.1 Å². The molecule has 1 heteroatoms. The predicted octanol–water partition coefficient (Wildman–Crippen LogP) is 4.02. The second-order valence-corrected chi connectivity index (χ2v) is 4.86. The van der Waals surface area contributed by atoms with Crippen molar-refractivity contribution in [2.24, 2.45) is 0 Å². The first-order chi connectivity index (χ1) is 6.31. The van der Waals surface area contributed by atoms with E-state index < -0.39 is 0 Å². The van der Waals surface area contributed by atoms with Gasteiger partial charge in [-0.25, -0.2) is 0 Å². The van der Waals surface area contributed by atoms with Crippen LogP contribution in [0.1, 0.15) is 41.3 Å². The van der Waals surface area contributed by atoms with Crippen molar-refractivity contribution < 1.29 is 0 Å². The number of fused-ring (bicyclic) bond motifs is 1. The van der Waals surface area contributed by atoms with Crippen LogP contribution in [-0.4, -0.2) is 0 Å². The first-order valence-electron chi connectivity index (χ1n) is 5.07. The molecule has 0 spiro atoms. The number of benzene rings is 1. The Morgan fingerprint density at radius 3 is 2.85 bits per heavy atom. The lowest BCUT2D eigenvalue weighted by Crippen LogP contribution is -1.90. The van der Waals surface area contributed by atoms with Gasteiger partial charge < -0.3 is 0 Å². The van der Waals surface area contributed by atoms with Gasteiger partial charge in [0.15, 0.2) is 0 Å². The van der Waals surface area contributed by atoms with E-state index in [1.165, 1.54) is 31.2 Å². The Kier molecular flexibility index (Phi) is 2.73. The lowest BCUT2D eigenvalue weighted by molar-refractivity contribution is 0.902. The molecular formula is C12H15Br. The van der Waals surface area contributed by atoms with E-state index in [-0.39, 0.29) is 0 Å². The van der Waals surface area contributed by atoms with E-state index in [4.69, 9.17) is 0 Å². The van der Waals surface area contributed by atoms with Crippen LogP contribution < -0.4 is 0 Å². The van der Waals surface area contributed by atoms with Crippen LogP contribution in [0.25, 0.3) is 0 Å². The molecule has 0 nitrogen and oxygen atoms in total. The molecule has 70 valence electrons. The number of rotatable bonds is 2. The SMILES string of the molecule is CCC(Br)c1ccc2c(c1)CCC2. The lowest BCUT2D eigenvalue weighted by atomic mass is 10.0. The van der Waals surface area contributed by atoms with Crippen molar-refractivity contribution in [2.45, 2.75) is 37.4 Å². The fourth-order valence-corrected chi connectivity index (χ4v) is 2.31. The molecule has 0 bridgehead atoms. The molecule has 1 aromatic rings. The molecule has 0 heterocycles. The first kappa shape index (κ1) is 9.26. The number of hydrogen-bond donors (Lipinski definition) is 0. The Hall–Kier alpha value is -0.300. The van der Waals surface area contributed by atoms with Gasteiger partial charge in [-0.05, 0) is 42.4 Å². The van der Waals surface area contributed by atoms with Crippen LogP contribution in [0.3, 0.4) is 0 Å². The summed E-state index contributed by atoms with van der Waals surface area (Å²) in [6.45, 7) is 2.21. The summed E-state index contributed by atoms with van der Waals surface area (Å²) in [7, 11) is 0. The van der Waals surface area contributed by atoms with Crippen LogP contribution >= 0.6 is 15.9 Å². The van der Waals surface area contributed by atoms with Gasteiger partial charge in [0.05, 0.1) is 0 Å². The van der Waals surface area contributed by atoms with Gasteiger partial charge in [-0.3, -0.25) is 0 Å². The lowest BCUT2D eigenvalue weighted by Gasteiger charge is -2.09. The summed E-state index contributed by atoms with van der Waals surface area (Å²) in [6.07, 6.45) is 5.08. The number of hydrogen-bond acceptors (Lipinski definition) is 0. The average molecular weight is 239 g/mol. The highest BCUT2D eigenvalue weighted by Gasteiger charge is 2.12. The molecule has 0 saturated heterocycles. The third-order valence-corrected chi connectivity index (χ3v) is 4.02. The molecule has 13 heavy (non-hydrogen) atoms. The zero-order chi connectivity index (χ0) is 9.26. The molecule has 1 aliphatic carbocycles. The summed E-state index contributed by atoms with van der Waals surface area (Å²) in [5.41, 5.74) is 4.60. The number of alkyl halides is 1. The van der Waals surface area contributed by atoms with Crippen LogP contribution in [0.4, 0.5) is 0 Å². The summed E-state index contributed by atoms with van der Waals surface area (Å²) in [5.74, 6) is 0. The fraction of sp³-hybridized carbons (Fsp3) is 0.500. The summed E-state index contributed by atoms with van der Waals surface area (Å²) in [5, 5.41) is 0. The second kappa shape index (κ2) is 3.83. The highest BCUT2D eigenvalue weighted by Crippen LogP contribution is 2.30. The molecule has 0 fully saturated rings. The van der Waals surface area contributed by atoms with Crippen LogP contribution in [0.15, 0.2) is 18.2 Å². The minimum atomic E-state index is 0.540. The van der Waals surface area contributed by atoms with Gasteiger partial charge in [0.1, 0.15) is 0 Å². The molecule has 1 aliphatic rings. The molecule has 1 atom stereocenters. The largest absolute Gasteiger partial charge is 0.0839 e. The van der Waals surface area contributed by atoms with Crippen molar-refractivity contribution in [1.82, 2.24) is 0 Å². The van der Waals surface area contributed by atoms with E-state index in [9.17, 15) is 0 Å². The monoisotopic (exact) mass is 238 g/mol. The Morgan fingerprint density at radius 1 is 1.31 bits per heavy atom. The van der Waals surface area contributed by atoms with E-state index in [0.29, 0.717) is 4.83 Å². The Labute approximate surface area is 88.5 Å². The maximum atomic E-state index is 3.69. The van der Waals surface area contributed by atoms with Crippen molar-refractivity contribution >= 4 is 15.9 Å². The van der Waals surface area contributed by atoms with E-state index in [0.717, 1.165) is 0 Å². The minimum absolute atomic E-state index is 0.540. The van der Waals surface area contributed by atoms with Crippen LogP contribution in [-0.2, 0) is 12.8 Å². The van der Waals surface area contributed by atoms with E-state index in [1.807, 2.05) is 0 Å². The summed E-state index contributed by atoms with van der Waals surface area (Å²) in [4.78, 5) is 0.540. The summed E-state index contributed by atoms with van der Waals surface area (Å²) >= 11 is 3.69. The normalized spacial score (nSPS) is 17.1. The molecule has 0 N–H and O–H groups in total. The van der Waals surface area contributed by atoms with Gasteiger partial charge >= 0.3 is 0 Å². The molecule has 0 radical (unpaired) electrons. The van der Waals surface area contributed by atoms with Gasteiger partial charge in [0, 0.05) is 4.83 Å². The maximum Gasteiger partial charge on any atom is 0.0392 e. The Morgan fingerprint density at radius 2 is 2.08 bits per heavy atom. The smallest absolute Gasteiger partial charge is 0.0392 e. The molecule has 2 rings (SSSR count). The zero-order valence-electron chi connectivity index (χ0n) is 8.02. The topological polar surface area (TPSA) is 0 Å². The molecule has 1 unspecified atom stereocenters. The van der Waals surface area contributed by atoms with Gasteiger partial charge in [0.25, 0.3) is 0 Å². The highest BCUT2D eigenvalue weighted by atomic mass is 79.9. The van der Waals surface area contributed by atoms with Gasteiger partial charge in [-0.15, -0.1) is 0 Å². The van der Waals surface area contributed by atoms with Crippen molar-refractivity contribution in [1.29, 1.82) is 0 Å². The molecule has 0 saturated carbocycles. The first-order valence-corrected chi connectivity index (χ1v) is 5.98. The number of aryl methyl sites for hydroxylation is 2. The molecule has 0 aromatic heterocycles. The average Bonchev–Trinajstić information content (AvgIpc) is 2.63. The van der Waals surface area contributed by atoms with Crippen molar-refractivity contribution in [3.8, 4) is 0 Å². The summed E-state index contributed by atoms with van der Waals surface area (Å²) < 4.78 is 0. The van der Waals surface area contributed by atoms with E-state index in [1.54, 1.807) is 11.1 Å². The van der Waals surface area contributed by atoms with Gasteiger partial charge in [-0.2, -0.15) is 0 Å². The van der Waals surface area contributed by atoms with E-state index >= 15 is 0 Å². The fourth-order valence-electron chi connectivity index (χ4n) is 2.02. The summed E-state index contributed by atoms with van der Waals surface area (Å²) in [6, 6.07) is 6.96. The molecule has 0 amide bonds. The predicted molar refractivity (Wildman–Crippen MR) is 60.4 cm³/mol. The Balaban J connectivity index is 2.30. The molecule has 0 aliphatic heterocycles. The molecule has 1 aromatic carbocycles. The van der Waals surface area contributed by atoms with Crippen molar-refractivity contribution in [3.63, 3.8) is 0 Å². The number of halogens is 1. The Bertz CT molecular complexity index is 304. The highest BCUT2D eigenvalue weighted by molar-refractivity contribution is 9.09. The van der Waals surface area contributed by atoms with Crippen molar-refractivity contribution in [3.05, 3.63) is 34.9 Å². The van der Waals surface area contributed by atoms with Crippen molar-refractivity contribution in [2.75, 3.05) is 0 Å². The van der Waals surface area contributed by atoms with Crippen LogP contribution in [0, 0.1) is 0 Å². The third-order valence-electron chi connectivity index (χ3n) is 2.84. The quantitative estimate of drug-likeness (QED) is 0.684. The second-order valence-electron chi connectivity index (χ2n) is 3.76. The van der Waals surface area contributed by atoms with E-state index in [2.05, 4.69) is 41.1 Å². The van der Waals surface area contributed by atoms with Gasteiger partial charge in [0.2, 0.25) is 0 Å². The standard InChI is InChI=1S/C12H15Br/c1-2-12(13)11-7-6-9-4-3-5-10(9)8-11/h6-8,12H,2-5H2,1H3. The van der Waals surface area contributed by atoms with Crippen LogP contribution in [0.5, 0.6) is 0 Å². The van der Waals surface area contributed by atoms with Crippen LogP contribution in [0.2, 0.25) is 0 Å². The maximum absolute atomic E-state index is 3.69.